The van der Waals surface area contributed by atoms with Gasteiger partial charge in [-0.05, 0) is 18.4 Å². The van der Waals surface area contributed by atoms with Crippen molar-refractivity contribution in [1.29, 1.82) is 0 Å². The van der Waals surface area contributed by atoms with E-state index >= 15 is 0 Å². The fourth-order valence-electron chi connectivity index (χ4n) is 2.91. The summed E-state index contributed by atoms with van der Waals surface area (Å²) in [7, 11) is 0. The van der Waals surface area contributed by atoms with Crippen molar-refractivity contribution < 1.29 is 4.79 Å². The van der Waals surface area contributed by atoms with Crippen LogP contribution in [0.2, 0.25) is 0 Å². The molecule has 0 spiro atoms. The average molecular weight is 315 g/mol. The molecule has 2 unspecified atom stereocenters. The summed E-state index contributed by atoms with van der Waals surface area (Å²) >= 11 is 1.41. The number of carbonyl (C=O) groups is 1. The van der Waals surface area contributed by atoms with E-state index in [-0.39, 0.29) is 11.9 Å². The van der Waals surface area contributed by atoms with Gasteiger partial charge in [0.15, 0.2) is 5.01 Å². The van der Waals surface area contributed by atoms with Crippen LogP contribution in [0.4, 0.5) is 0 Å². The zero-order valence-electron chi connectivity index (χ0n) is 13.0. The van der Waals surface area contributed by atoms with Crippen LogP contribution in [-0.4, -0.2) is 34.9 Å². The first-order chi connectivity index (χ1) is 10.6. The van der Waals surface area contributed by atoms with E-state index in [2.05, 4.69) is 46.4 Å². The lowest BCUT2D eigenvalue weighted by Gasteiger charge is -2.16. The molecular weight excluding hydrogens is 294 g/mol. The van der Waals surface area contributed by atoms with Crippen LogP contribution in [0.25, 0.3) is 0 Å². The second-order valence-electron chi connectivity index (χ2n) is 6.03. The smallest absolute Gasteiger partial charge is 0.280 e. The third kappa shape index (κ3) is 3.54. The molecule has 2 heterocycles. The molecular formula is C17H21N3OS. The Morgan fingerprint density at radius 3 is 2.82 bits per heavy atom. The monoisotopic (exact) mass is 315 g/mol. The van der Waals surface area contributed by atoms with E-state index in [9.17, 15) is 4.79 Å². The minimum Gasteiger partial charge on any atom is -0.346 e. The highest BCUT2D eigenvalue weighted by atomic mass is 32.1. The summed E-state index contributed by atoms with van der Waals surface area (Å²) < 4.78 is 0. The van der Waals surface area contributed by atoms with Crippen LogP contribution in [0.3, 0.4) is 0 Å². The van der Waals surface area contributed by atoms with E-state index in [1.165, 1.54) is 16.9 Å². The average Bonchev–Trinajstić information content (AvgIpc) is 3.07. The molecule has 1 aliphatic heterocycles. The van der Waals surface area contributed by atoms with Crippen molar-refractivity contribution in [1.82, 2.24) is 15.2 Å². The molecule has 1 saturated heterocycles. The molecule has 2 atom stereocenters. The molecule has 2 aromatic rings. The number of amides is 1. The van der Waals surface area contributed by atoms with Gasteiger partial charge < -0.3 is 5.32 Å². The SMILES string of the molecule is Cc1csc(C(=O)NC2CN(Cc3ccccc3)CC2C)n1. The van der Waals surface area contributed by atoms with Crippen LogP contribution < -0.4 is 5.32 Å². The molecule has 0 bridgehead atoms. The van der Waals surface area contributed by atoms with Crippen LogP contribution in [-0.2, 0) is 6.54 Å². The van der Waals surface area contributed by atoms with Crippen molar-refractivity contribution in [2.24, 2.45) is 5.92 Å². The van der Waals surface area contributed by atoms with Gasteiger partial charge >= 0.3 is 0 Å². The number of aromatic nitrogens is 1. The van der Waals surface area contributed by atoms with Crippen molar-refractivity contribution in [2.45, 2.75) is 26.4 Å². The highest BCUT2D eigenvalue weighted by Gasteiger charge is 2.31. The maximum absolute atomic E-state index is 12.2. The van der Waals surface area contributed by atoms with Crippen molar-refractivity contribution in [2.75, 3.05) is 13.1 Å². The quantitative estimate of drug-likeness (QED) is 0.943. The Hall–Kier alpha value is -1.72. The molecule has 1 amide bonds. The molecule has 1 aromatic carbocycles. The maximum atomic E-state index is 12.2. The van der Waals surface area contributed by atoms with Crippen molar-refractivity contribution >= 4 is 17.2 Å². The van der Waals surface area contributed by atoms with Gasteiger partial charge in [-0.3, -0.25) is 9.69 Å². The van der Waals surface area contributed by atoms with E-state index in [0.29, 0.717) is 10.9 Å². The van der Waals surface area contributed by atoms with E-state index in [1.54, 1.807) is 0 Å². The summed E-state index contributed by atoms with van der Waals surface area (Å²) in [6.07, 6.45) is 0. The highest BCUT2D eigenvalue weighted by Crippen LogP contribution is 2.20. The van der Waals surface area contributed by atoms with E-state index in [1.807, 2.05) is 18.4 Å². The van der Waals surface area contributed by atoms with Crippen molar-refractivity contribution in [3.05, 3.63) is 52.0 Å². The molecule has 0 radical (unpaired) electrons. The number of benzene rings is 1. The first-order valence-electron chi connectivity index (χ1n) is 7.61. The van der Waals surface area contributed by atoms with Gasteiger partial charge in [0.05, 0.1) is 0 Å². The third-order valence-corrected chi connectivity index (χ3v) is 5.03. The summed E-state index contributed by atoms with van der Waals surface area (Å²) in [5, 5.41) is 5.61. The molecule has 4 nitrogen and oxygen atoms in total. The van der Waals surface area contributed by atoms with E-state index in [0.717, 1.165) is 25.3 Å². The lowest BCUT2D eigenvalue weighted by Crippen LogP contribution is -2.39. The summed E-state index contributed by atoms with van der Waals surface area (Å²) in [5.74, 6) is 0.408. The standard InChI is InChI=1S/C17H21N3OS/c1-12-8-20(9-14-6-4-3-5-7-14)10-15(12)19-16(21)17-18-13(2)11-22-17/h3-7,11-12,15H,8-10H2,1-2H3,(H,19,21). The van der Waals surface area contributed by atoms with Gasteiger partial charge in [-0.2, -0.15) is 0 Å². The minimum absolute atomic E-state index is 0.0449. The number of aryl methyl sites for hydroxylation is 1. The van der Waals surface area contributed by atoms with Crippen LogP contribution >= 0.6 is 11.3 Å². The van der Waals surface area contributed by atoms with Crippen LogP contribution in [0.5, 0.6) is 0 Å². The largest absolute Gasteiger partial charge is 0.346 e. The van der Waals surface area contributed by atoms with Crippen LogP contribution in [0, 0.1) is 12.8 Å². The molecule has 1 aromatic heterocycles. The van der Waals surface area contributed by atoms with Crippen molar-refractivity contribution in [3.8, 4) is 0 Å². The summed E-state index contributed by atoms with van der Waals surface area (Å²) in [5.41, 5.74) is 2.22. The van der Waals surface area contributed by atoms with Gasteiger partial charge in [0.25, 0.3) is 5.91 Å². The van der Waals surface area contributed by atoms with Gasteiger partial charge in [-0.1, -0.05) is 37.3 Å². The van der Waals surface area contributed by atoms with Gasteiger partial charge in [0, 0.05) is 36.8 Å². The van der Waals surface area contributed by atoms with Gasteiger partial charge in [-0.15, -0.1) is 11.3 Å². The number of carbonyl (C=O) groups excluding carboxylic acids is 1. The molecule has 116 valence electrons. The molecule has 1 N–H and O–H groups in total. The Morgan fingerprint density at radius 1 is 1.36 bits per heavy atom. The summed E-state index contributed by atoms with van der Waals surface area (Å²) in [6, 6.07) is 10.7. The first kappa shape index (κ1) is 15.2. The first-order valence-corrected chi connectivity index (χ1v) is 8.49. The Balaban J connectivity index is 1.58. The number of nitrogens with one attached hydrogen (secondary N) is 1. The molecule has 0 saturated carbocycles. The Labute approximate surface area is 135 Å². The molecule has 22 heavy (non-hydrogen) atoms. The number of nitrogens with zero attached hydrogens (tertiary/aromatic N) is 2. The lowest BCUT2D eigenvalue weighted by molar-refractivity contribution is 0.0931. The third-order valence-electron chi connectivity index (χ3n) is 4.07. The topological polar surface area (TPSA) is 45.2 Å². The minimum atomic E-state index is -0.0449. The molecule has 1 fully saturated rings. The number of thiazole rings is 1. The van der Waals surface area contributed by atoms with Gasteiger partial charge in [0.2, 0.25) is 0 Å². The van der Waals surface area contributed by atoms with Crippen LogP contribution in [0.1, 0.15) is 28.0 Å². The number of likely N-dealkylation sites (tertiary alicyclic amines) is 1. The Bertz CT molecular complexity index is 640. The number of hydrogen-bond donors (Lipinski definition) is 1. The molecule has 3 rings (SSSR count). The molecule has 0 aliphatic carbocycles. The van der Waals surface area contributed by atoms with E-state index in [4.69, 9.17) is 0 Å². The van der Waals surface area contributed by atoms with Gasteiger partial charge in [-0.25, -0.2) is 4.98 Å². The second-order valence-corrected chi connectivity index (χ2v) is 6.89. The van der Waals surface area contributed by atoms with Crippen LogP contribution in [0.15, 0.2) is 35.7 Å². The zero-order chi connectivity index (χ0) is 15.5. The Kier molecular flexibility index (Phi) is 4.55. The molecule has 5 heteroatoms. The number of hydrogen-bond acceptors (Lipinski definition) is 4. The predicted octanol–water partition coefficient (Wildman–Crippen LogP) is 2.70. The zero-order valence-corrected chi connectivity index (χ0v) is 13.8. The van der Waals surface area contributed by atoms with Gasteiger partial charge in [0.1, 0.15) is 0 Å². The highest BCUT2D eigenvalue weighted by molar-refractivity contribution is 7.11. The normalized spacial score (nSPS) is 21.9. The second kappa shape index (κ2) is 6.58. The summed E-state index contributed by atoms with van der Waals surface area (Å²) in [6.45, 7) is 6.95. The fraction of sp³-hybridized carbons (Fsp3) is 0.412. The predicted molar refractivity (Wildman–Crippen MR) is 89.0 cm³/mol. The summed E-state index contributed by atoms with van der Waals surface area (Å²) in [4.78, 5) is 18.9. The number of rotatable bonds is 4. The lowest BCUT2D eigenvalue weighted by atomic mass is 10.1. The maximum Gasteiger partial charge on any atom is 0.280 e. The Morgan fingerprint density at radius 2 is 2.14 bits per heavy atom. The fourth-order valence-corrected chi connectivity index (χ4v) is 3.61. The van der Waals surface area contributed by atoms with E-state index < -0.39 is 0 Å². The molecule has 1 aliphatic rings. The van der Waals surface area contributed by atoms with Crippen molar-refractivity contribution in [3.63, 3.8) is 0 Å².